The molecule has 1 rings (SSSR count). The van der Waals surface area contributed by atoms with Crippen LogP contribution >= 0.6 is 0 Å². The lowest BCUT2D eigenvalue weighted by atomic mass is 9.89. The Kier molecular flexibility index (Phi) is 10.5. The van der Waals surface area contributed by atoms with Gasteiger partial charge in [-0.2, -0.15) is 0 Å². The first-order chi connectivity index (χ1) is 9.92. The van der Waals surface area contributed by atoms with Crippen molar-refractivity contribution >= 4 is 0 Å². The number of nitrogens with one attached hydrogen (secondary N) is 1. The zero-order chi connectivity index (χ0) is 16.3. The molecule has 2 heteroatoms. The molecule has 0 saturated carbocycles. The number of rotatable bonds is 7. The Balaban J connectivity index is 0.00000191. The molecule has 0 amide bonds. The van der Waals surface area contributed by atoms with Gasteiger partial charge in [0.05, 0.1) is 0 Å². The minimum Gasteiger partial charge on any atom is -0.289 e. The average Bonchev–Trinajstić information content (AvgIpc) is 2.89. The highest BCUT2D eigenvalue weighted by atomic mass is 15.5. The SMILES string of the molecule is CC.CCC(C)/C=C/N1NCC=C1CCCCC(C)(C)C. The third kappa shape index (κ3) is 9.73. The fourth-order valence-corrected chi connectivity index (χ4v) is 2.16. The van der Waals surface area contributed by atoms with Gasteiger partial charge in [-0.25, -0.2) is 5.43 Å². The predicted octanol–water partition coefficient (Wildman–Crippen LogP) is 5.88. The van der Waals surface area contributed by atoms with Crippen molar-refractivity contribution in [3.8, 4) is 0 Å². The molecule has 0 bridgehead atoms. The fourth-order valence-electron chi connectivity index (χ4n) is 2.16. The monoisotopic (exact) mass is 294 g/mol. The second-order valence-electron chi connectivity index (χ2n) is 6.92. The number of nitrogens with zero attached hydrogens (tertiary/aromatic N) is 1. The quantitative estimate of drug-likeness (QED) is 0.589. The van der Waals surface area contributed by atoms with Gasteiger partial charge in [-0.3, -0.25) is 5.01 Å². The van der Waals surface area contributed by atoms with Crippen molar-refractivity contribution in [1.82, 2.24) is 10.4 Å². The number of hydrogen-bond donors (Lipinski definition) is 1. The first-order valence-electron chi connectivity index (χ1n) is 8.82. The topological polar surface area (TPSA) is 15.3 Å². The van der Waals surface area contributed by atoms with Crippen molar-refractivity contribution in [3.05, 3.63) is 24.0 Å². The van der Waals surface area contributed by atoms with Crippen molar-refractivity contribution < 1.29 is 0 Å². The predicted molar refractivity (Wildman–Crippen MR) is 95.8 cm³/mol. The van der Waals surface area contributed by atoms with E-state index in [2.05, 4.69) is 63.4 Å². The van der Waals surface area contributed by atoms with E-state index >= 15 is 0 Å². The Bertz CT molecular complexity index is 310. The Morgan fingerprint density at radius 3 is 2.52 bits per heavy atom. The summed E-state index contributed by atoms with van der Waals surface area (Å²) in [7, 11) is 0. The molecule has 1 aliphatic rings. The van der Waals surface area contributed by atoms with E-state index in [9.17, 15) is 0 Å². The molecule has 1 unspecified atom stereocenters. The van der Waals surface area contributed by atoms with Crippen LogP contribution in [0.5, 0.6) is 0 Å². The van der Waals surface area contributed by atoms with Gasteiger partial charge in [-0.05, 0) is 36.7 Å². The molecule has 1 aliphatic heterocycles. The second kappa shape index (κ2) is 10.9. The summed E-state index contributed by atoms with van der Waals surface area (Å²) in [6.07, 6.45) is 13.1. The van der Waals surface area contributed by atoms with Gasteiger partial charge in [-0.15, -0.1) is 0 Å². The molecule has 1 N–H and O–H groups in total. The summed E-state index contributed by atoms with van der Waals surface area (Å²) in [5, 5.41) is 2.21. The van der Waals surface area contributed by atoms with Crippen LogP contribution < -0.4 is 5.43 Å². The smallest absolute Gasteiger partial charge is 0.0355 e. The van der Waals surface area contributed by atoms with Crippen LogP contribution in [0.2, 0.25) is 0 Å². The van der Waals surface area contributed by atoms with Crippen LogP contribution in [0.1, 0.15) is 80.6 Å². The van der Waals surface area contributed by atoms with E-state index in [1.807, 2.05) is 13.8 Å². The standard InChI is InChI=1S/C17H32N2.C2H6/c1-6-15(2)11-14-19-16(10-13-18-19)9-7-8-12-17(3,4)5;1-2/h10-11,14-15,18H,6-9,12-13H2,1-5H3;1-2H3/b14-11+;. The molecule has 0 aliphatic carbocycles. The molecular weight excluding hydrogens is 256 g/mol. The highest BCUT2D eigenvalue weighted by Crippen LogP contribution is 2.24. The fraction of sp³-hybridized carbons (Fsp3) is 0.789. The van der Waals surface area contributed by atoms with E-state index in [0.29, 0.717) is 11.3 Å². The van der Waals surface area contributed by atoms with Gasteiger partial charge in [-0.1, -0.05) is 67.4 Å². The number of hydrogen-bond acceptors (Lipinski definition) is 2. The van der Waals surface area contributed by atoms with Gasteiger partial charge in [0, 0.05) is 18.4 Å². The van der Waals surface area contributed by atoms with Crippen LogP contribution in [0.25, 0.3) is 0 Å². The van der Waals surface area contributed by atoms with Crippen LogP contribution in [0.3, 0.4) is 0 Å². The Labute approximate surface area is 133 Å². The highest BCUT2D eigenvalue weighted by molar-refractivity contribution is 5.10. The molecule has 0 radical (unpaired) electrons. The van der Waals surface area contributed by atoms with Crippen LogP contribution in [-0.2, 0) is 0 Å². The van der Waals surface area contributed by atoms with E-state index in [4.69, 9.17) is 0 Å². The molecule has 0 aromatic rings. The molecule has 124 valence electrons. The summed E-state index contributed by atoms with van der Waals surface area (Å²) in [5.74, 6) is 0.657. The molecular formula is C19H38N2. The molecule has 0 aromatic heterocycles. The second-order valence-corrected chi connectivity index (χ2v) is 6.92. The molecule has 1 heterocycles. The minimum atomic E-state index is 0.471. The summed E-state index contributed by atoms with van der Waals surface area (Å²) < 4.78 is 0. The van der Waals surface area contributed by atoms with E-state index in [0.717, 1.165) is 6.54 Å². The van der Waals surface area contributed by atoms with Gasteiger partial charge < -0.3 is 0 Å². The zero-order valence-corrected chi connectivity index (χ0v) is 15.5. The molecule has 0 saturated heterocycles. The summed E-state index contributed by atoms with van der Waals surface area (Å²) in [6, 6.07) is 0. The molecule has 2 nitrogen and oxygen atoms in total. The lowest BCUT2D eigenvalue weighted by molar-refractivity contribution is 0.344. The number of allylic oxidation sites excluding steroid dienone is 2. The van der Waals surface area contributed by atoms with Gasteiger partial charge in [0.1, 0.15) is 0 Å². The zero-order valence-electron chi connectivity index (χ0n) is 15.5. The first-order valence-corrected chi connectivity index (χ1v) is 8.82. The highest BCUT2D eigenvalue weighted by Gasteiger charge is 2.13. The summed E-state index contributed by atoms with van der Waals surface area (Å²) >= 11 is 0. The van der Waals surface area contributed by atoms with Crippen LogP contribution in [0.15, 0.2) is 24.0 Å². The Morgan fingerprint density at radius 1 is 1.29 bits per heavy atom. The average molecular weight is 295 g/mol. The van der Waals surface area contributed by atoms with Crippen molar-refractivity contribution in [2.45, 2.75) is 80.6 Å². The maximum absolute atomic E-state index is 3.40. The molecule has 0 spiro atoms. The Morgan fingerprint density at radius 2 is 1.95 bits per heavy atom. The van der Waals surface area contributed by atoms with Gasteiger partial charge in [0.25, 0.3) is 0 Å². The van der Waals surface area contributed by atoms with Crippen molar-refractivity contribution in [2.75, 3.05) is 6.54 Å². The maximum atomic E-state index is 3.40. The van der Waals surface area contributed by atoms with Crippen LogP contribution in [0, 0.1) is 11.3 Å². The maximum Gasteiger partial charge on any atom is 0.0355 e. The van der Waals surface area contributed by atoms with Gasteiger partial charge in [0.15, 0.2) is 0 Å². The third-order valence-corrected chi connectivity index (χ3v) is 3.73. The summed E-state index contributed by atoms with van der Waals surface area (Å²) in [6.45, 7) is 16.4. The molecule has 0 fully saturated rings. The van der Waals surface area contributed by atoms with E-state index < -0.39 is 0 Å². The van der Waals surface area contributed by atoms with Gasteiger partial charge >= 0.3 is 0 Å². The van der Waals surface area contributed by atoms with E-state index in [1.54, 1.807) is 0 Å². The molecule has 21 heavy (non-hydrogen) atoms. The van der Waals surface area contributed by atoms with Crippen LogP contribution in [-0.4, -0.2) is 11.6 Å². The lowest BCUT2D eigenvalue weighted by Crippen LogP contribution is -2.26. The number of hydrazine groups is 1. The summed E-state index contributed by atoms with van der Waals surface area (Å²) in [5.41, 5.74) is 5.31. The van der Waals surface area contributed by atoms with Gasteiger partial charge in [0.2, 0.25) is 0 Å². The summed E-state index contributed by atoms with van der Waals surface area (Å²) in [4.78, 5) is 0. The van der Waals surface area contributed by atoms with Crippen molar-refractivity contribution in [1.29, 1.82) is 0 Å². The largest absolute Gasteiger partial charge is 0.289 e. The van der Waals surface area contributed by atoms with Crippen LogP contribution in [0.4, 0.5) is 0 Å². The normalized spacial score (nSPS) is 16.7. The van der Waals surface area contributed by atoms with Crippen molar-refractivity contribution in [2.24, 2.45) is 11.3 Å². The lowest BCUT2D eigenvalue weighted by Gasteiger charge is -2.20. The molecule has 0 aromatic carbocycles. The Hall–Kier alpha value is -0.760. The van der Waals surface area contributed by atoms with E-state index in [1.165, 1.54) is 37.8 Å². The minimum absolute atomic E-state index is 0.471. The van der Waals surface area contributed by atoms with E-state index in [-0.39, 0.29) is 0 Å². The van der Waals surface area contributed by atoms with Crippen molar-refractivity contribution in [3.63, 3.8) is 0 Å². The third-order valence-electron chi connectivity index (χ3n) is 3.73. The number of unbranched alkanes of at least 4 members (excludes halogenated alkanes) is 1. The molecule has 1 atom stereocenters. The first kappa shape index (κ1) is 20.2.